The first-order chi connectivity index (χ1) is 12.4. The van der Waals surface area contributed by atoms with Crippen LogP contribution in [0.4, 0.5) is 26.0 Å². The molecule has 0 aliphatic heterocycles. The Morgan fingerprint density at radius 1 is 0.962 bits per heavy atom. The predicted molar refractivity (Wildman–Crippen MR) is 95.5 cm³/mol. The minimum Gasteiger partial charge on any atom is -0.336 e. The molecule has 0 bridgehead atoms. The predicted octanol–water partition coefficient (Wildman–Crippen LogP) is 4.37. The number of rotatable bonds is 4. The van der Waals surface area contributed by atoms with E-state index in [0.717, 1.165) is 23.3 Å². The van der Waals surface area contributed by atoms with Gasteiger partial charge in [-0.25, -0.2) is 8.78 Å². The highest BCUT2D eigenvalue weighted by Gasteiger charge is 2.11. The number of nitrogens with zero attached hydrogens (tertiary/aromatic N) is 2. The third-order valence-corrected chi connectivity index (χ3v) is 3.94. The van der Waals surface area contributed by atoms with E-state index in [9.17, 15) is 13.6 Å². The maximum atomic E-state index is 13.6. The van der Waals surface area contributed by atoms with Crippen LogP contribution in [0.1, 0.15) is 21.6 Å². The Hall–Kier alpha value is -3.35. The monoisotopic (exact) mass is 354 g/mol. The lowest BCUT2D eigenvalue weighted by atomic mass is 10.1. The van der Waals surface area contributed by atoms with Gasteiger partial charge in [-0.2, -0.15) is 0 Å². The summed E-state index contributed by atoms with van der Waals surface area (Å²) in [6, 6.07) is 11.7. The van der Waals surface area contributed by atoms with Crippen molar-refractivity contribution in [2.24, 2.45) is 0 Å². The minimum absolute atomic E-state index is 0.0632. The van der Waals surface area contributed by atoms with Crippen molar-refractivity contribution in [1.82, 2.24) is 10.2 Å². The number of anilines is 3. The van der Waals surface area contributed by atoms with Crippen molar-refractivity contribution in [3.8, 4) is 0 Å². The van der Waals surface area contributed by atoms with Gasteiger partial charge in [-0.15, -0.1) is 10.2 Å². The van der Waals surface area contributed by atoms with Gasteiger partial charge in [-0.05, 0) is 55.3 Å². The van der Waals surface area contributed by atoms with Crippen LogP contribution < -0.4 is 10.6 Å². The second-order valence-electron chi connectivity index (χ2n) is 5.75. The van der Waals surface area contributed by atoms with E-state index in [1.165, 1.54) is 18.2 Å². The van der Waals surface area contributed by atoms with Gasteiger partial charge in [0.15, 0.2) is 11.5 Å². The molecule has 0 aliphatic carbocycles. The number of carbonyl (C=O) groups is 1. The molecule has 3 aromatic rings. The molecule has 26 heavy (non-hydrogen) atoms. The van der Waals surface area contributed by atoms with Gasteiger partial charge in [0.25, 0.3) is 5.91 Å². The van der Waals surface area contributed by atoms with Crippen LogP contribution in [0.2, 0.25) is 0 Å². The second kappa shape index (κ2) is 7.26. The average Bonchev–Trinajstić information content (AvgIpc) is 2.62. The van der Waals surface area contributed by atoms with Crippen LogP contribution in [0, 0.1) is 25.5 Å². The first kappa shape index (κ1) is 17.5. The third-order valence-electron chi connectivity index (χ3n) is 3.94. The molecule has 5 nitrogen and oxygen atoms in total. The molecule has 2 aromatic carbocycles. The van der Waals surface area contributed by atoms with Gasteiger partial charge < -0.3 is 10.6 Å². The standard InChI is InChI=1S/C19H16F2N4O/c1-11-4-3-5-15(12(11)2)23-19(26)17-8-9-18(25-24-17)22-16-7-6-13(20)10-14(16)21/h3-10H,1-2H3,(H,22,25)(H,23,26). The summed E-state index contributed by atoms with van der Waals surface area (Å²) in [5, 5.41) is 13.2. The molecular weight excluding hydrogens is 338 g/mol. The number of hydrogen-bond acceptors (Lipinski definition) is 4. The van der Waals surface area contributed by atoms with Crippen LogP contribution in [-0.2, 0) is 0 Å². The Kier molecular flexibility index (Phi) is 4.88. The van der Waals surface area contributed by atoms with Gasteiger partial charge in [0, 0.05) is 11.8 Å². The number of aromatic nitrogens is 2. The van der Waals surface area contributed by atoms with Crippen LogP contribution >= 0.6 is 0 Å². The molecule has 0 fully saturated rings. The highest BCUT2D eigenvalue weighted by molar-refractivity contribution is 6.03. The van der Waals surface area contributed by atoms with E-state index >= 15 is 0 Å². The molecule has 1 aromatic heterocycles. The van der Waals surface area contributed by atoms with Crippen molar-refractivity contribution in [1.29, 1.82) is 0 Å². The van der Waals surface area contributed by atoms with Crippen molar-refractivity contribution in [3.63, 3.8) is 0 Å². The molecule has 0 atom stereocenters. The number of benzene rings is 2. The lowest BCUT2D eigenvalue weighted by Gasteiger charge is -2.10. The van der Waals surface area contributed by atoms with Crippen molar-refractivity contribution < 1.29 is 13.6 Å². The highest BCUT2D eigenvalue weighted by Crippen LogP contribution is 2.20. The van der Waals surface area contributed by atoms with E-state index in [1.54, 1.807) is 6.07 Å². The van der Waals surface area contributed by atoms with Crippen LogP contribution in [0.3, 0.4) is 0 Å². The summed E-state index contributed by atoms with van der Waals surface area (Å²) in [7, 11) is 0. The summed E-state index contributed by atoms with van der Waals surface area (Å²) in [6.07, 6.45) is 0. The number of carbonyl (C=O) groups excluding carboxylic acids is 1. The first-order valence-corrected chi connectivity index (χ1v) is 7.87. The molecule has 132 valence electrons. The molecule has 7 heteroatoms. The summed E-state index contributed by atoms with van der Waals surface area (Å²) >= 11 is 0. The fourth-order valence-electron chi connectivity index (χ4n) is 2.32. The fourth-order valence-corrected chi connectivity index (χ4v) is 2.32. The number of aryl methyl sites for hydroxylation is 1. The smallest absolute Gasteiger partial charge is 0.276 e. The maximum absolute atomic E-state index is 13.6. The normalized spacial score (nSPS) is 10.5. The van der Waals surface area contributed by atoms with Crippen LogP contribution in [0.25, 0.3) is 0 Å². The summed E-state index contributed by atoms with van der Waals surface area (Å²) in [6.45, 7) is 3.88. The largest absolute Gasteiger partial charge is 0.336 e. The number of nitrogens with one attached hydrogen (secondary N) is 2. The van der Waals surface area contributed by atoms with Gasteiger partial charge in [-0.1, -0.05) is 12.1 Å². The van der Waals surface area contributed by atoms with Crippen LogP contribution in [-0.4, -0.2) is 16.1 Å². The molecular formula is C19H16F2N4O. The zero-order valence-electron chi connectivity index (χ0n) is 14.2. The topological polar surface area (TPSA) is 66.9 Å². The Bertz CT molecular complexity index is 958. The second-order valence-corrected chi connectivity index (χ2v) is 5.75. The Morgan fingerprint density at radius 2 is 1.77 bits per heavy atom. The van der Waals surface area contributed by atoms with E-state index < -0.39 is 17.5 Å². The Balaban J connectivity index is 1.72. The summed E-state index contributed by atoms with van der Waals surface area (Å²) < 4.78 is 26.6. The molecule has 2 N–H and O–H groups in total. The lowest BCUT2D eigenvalue weighted by molar-refractivity contribution is 0.102. The molecule has 0 saturated heterocycles. The van der Waals surface area contributed by atoms with E-state index in [0.29, 0.717) is 5.69 Å². The quantitative estimate of drug-likeness (QED) is 0.730. The molecule has 0 saturated carbocycles. The van der Waals surface area contributed by atoms with Crippen LogP contribution in [0.15, 0.2) is 48.5 Å². The molecule has 1 amide bonds. The molecule has 0 spiro atoms. The highest BCUT2D eigenvalue weighted by atomic mass is 19.1. The van der Waals surface area contributed by atoms with Crippen LogP contribution in [0.5, 0.6) is 0 Å². The van der Waals surface area contributed by atoms with Crippen molar-refractivity contribution in [3.05, 3.63) is 77.0 Å². The van der Waals surface area contributed by atoms with Crippen molar-refractivity contribution in [2.45, 2.75) is 13.8 Å². The number of halogens is 2. The number of amides is 1. The van der Waals surface area contributed by atoms with Gasteiger partial charge in [0.1, 0.15) is 11.6 Å². The summed E-state index contributed by atoms with van der Waals surface area (Å²) in [4.78, 5) is 12.3. The van der Waals surface area contributed by atoms with E-state index in [1.807, 2.05) is 26.0 Å². The number of hydrogen-bond donors (Lipinski definition) is 2. The molecule has 0 radical (unpaired) electrons. The molecule has 3 rings (SSSR count). The summed E-state index contributed by atoms with van der Waals surface area (Å²) in [5.41, 5.74) is 2.92. The summed E-state index contributed by atoms with van der Waals surface area (Å²) in [5.74, 6) is -1.58. The Morgan fingerprint density at radius 3 is 2.46 bits per heavy atom. The van der Waals surface area contributed by atoms with Gasteiger partial charge >= 0.3 is 0 Å². The van der Waals surface area contributed by atoms with Crippen molar-refractivity contribution >= 4 is 23.1 Å². The van der Waals surface area contributed by atoms with E-state index in [2.05, 4.69) is 20.8 Å². The minimum atomic E-state index is -0.747. The van der Waals surface area contributed by atoms with Gasteiger partial charge in [0.2, 0.25) is 0 Å². The fraction of sp³-hybridized carbons (Fsp3) is 0.105. The molecule has 1 heterocycles. The maximum Gasteiger partial charge on any atom is 0.276 e. The lowest BCUT2D eigenvalue weighted by Crippen LogP contribution is -2.15. The van der Waals surface area contributed by atoms with E-state index in [-0.39, 0.29) is 17.2 Å². The Labute approximate surface area is 149 Å². The first-order valence-electron chi connectivity index (χ1n) is 7.87. The van der Waals surface area contributed by atoms with E-state index in [4.69, 9.17) is 0 Å². The zero-order chi connectivity index (χ0) is 18.7. The zero-order valence-corrected chi connectivity index (χ0v) is 14.2. The molecule has 0 unspecified atom stereocenters. The van der Waals surface area contributed by atoms with Gasteiger partial charge in [0.05, 0.1) is 5.69 Å². The molecule has 0 aliphatic rings. The SMILES string of the molecule is Cc1cccc(NC(=O)c2ccc(Nc3ccc(F)cc3F)nn2)c1C. The third kappa shape index (κ3) is 3.83. The average molecular weight is 354 g/mol. The van der Waals surface area contributed by atoms with Crippen molar-refractivity contribution in [2.75, 3.05) is 10.6 Å². The van der Waals surface area contributed by atoms with Gasteiger partial charge in [-0.3, -0.25) is 4.79 Å².